The summed E-state index contributed by atoms with van der Waals surface area (Å²) >= 11 is 0. The van der Waals surface area contributed by atoms with Crippen LogP contribution in [0.15, 0.2) is 17.2 Å². The third-order valence-electron chi connectivity index (χ3n) is 2.84. The molecule has 1 saturated heterocycles. The maximum atomic E-state index is 11.9. The van der Waals surface area contributed by atoms with E-state index in [1.165, 1.54) is 4.57 Å². The normalized spacial score (nSPS) is 20.2. The summed E-state index contributed by atoms with van der Waals surface area (Å²) in [6.45, 7) is 3.10. The largest absolute Gasteiger partial charge is 0.374 e. The average Bonchev–Trinajstić information content (AvgIpc) is 2.34. The minimum Gasteiger partial charge on any atom is -0.374 e. The van der Waals surface area contributed by atoms with Gasteiger partial charge in [0.15, 0.2) is 5.82 Å². The molecule has 6 heteroatoms. The van der Waals surface area contributed by atoms with Crippen molar-refractivity contribution >= 4 is 5.82 Å². The number of hydrogen-bond acceptors (Lipinski definition) is 5. The quantitative estimate of drug-likeness (QED) is 0.747. The van der Waals surface area contributed by atoms with E-state index in [0.29, 0.717) is 12.4 Å². The first kappa shape index (κ1) is 12.1. The van der Waals surface area contributed by atoms with Gasteiger partial charge >= 0.3 is 0 Å². The molecule has 0 aromatic carbocycles. The van der Waals surface area contributed by atoms with Crippen LogP contribution in [0.5, 0.6) is 0 Å². The molecule has 0 radical (unpaired) electrons. The highest BCUT2D eigenvalue weighted by molar-refractivity contribution is 5.34. The van der Waals surface area contributed by atoms with Gasteiger partial charge in [-0.15, -0.1) is 0 Å². The predicted molar refractivity (Wildman–Crippen MR) is 65.4 cm³/mol. The molecule has 94 valence electrons. The maximum Gasteiger partial charge on any atom is 0.293 e. The zero-order valence-electron chi connectivity index (χ0n) is 10.2. The van der Waals surface area contributed by atoms with Crippen molar-refractivity contribution in [3.8, 4) is 0 Å². The number of likely N-dealkylation sites (N-methyl/N-ethyl adjacent to an activating group) is 1. The van der Waals surface area contributed by atoms with E-state index in [1.54, 1.807) is 19.4 Å². The minimum absolute atomic E-state index is 0.0845. The fourth-order valence-electron chi connectivity index (χ4n) is 1.88. The second kappa shape index (κ2) is 5.29. The number of morpholine rings is 1. The average molecular weight is 238 g/mol. The number of nitrogens with one attached hydrogen (secondary N) is 1. The van der Waals surface area contributed by atoms with Gasteiger partial charge in [0.2, 0.25) is 0 Å². The summed E-state index contributed by atoms with van der Waals surface area (Å²) in [5.41, 5.74) is -0.0845. The molecule has 2 rings (SSSR count). The smallest absolute Gasteiger partial charge is 0.293 e. The van der Waals surface area contributed by atoms with Crippen LogP contribution in [-0.4, -0.2) is 48.9 Å². The Morgan fingerprint density at radius 1 is 1.71 bits per heavy atom. The summed E-state index contributed by atoms with van der Waals surface area (Å²) in [5, 5.41) is 3.26. The van der Waals surface area contributed by atoms with E-state index in [1.807, 2.05) is 11.9 Å². The Labute approximate surface area is 100 Å². The van der Waals surface area contributed by atoms with Gasteiger partial charge < -0.3 is 19.5 Å². The van der Waals surface area contributed by atoms with Crippen molar-refractivity contribution in [3.63, 3.8) is 0 Å². The lowest BCUT2D eigenvalue weighted by molar-refractivity contribution is 0.0339. The molecule has 1 fully saturated rings. The second-order valence-corrected chi connectivity index (χ2v) is 4.24. The van der Waals surface area contributed by atoms with Crippen LogP contribution in [0.4, 0.5) is 5.82 Å². The molecule has 1 unspecified atom stereocenters. The monoisotopic (exact) mass is 238 g/mol. The molecule has 1 aliphatic heterocycles. The molecule has 1 N–H and O–H groups in total. The van der Waals surface area contributed by atoms with Gasteiger partial charge in [-0.1, -0.05) is 0 Å². The molecule has 0 amide bonds. The Bertz CT molecular complexity index is 426. The van der Waals surface area contributed by atoms with Crippen molar-refractivity contribution in [2.24, 2.45) is 7.05 Å². The van der Waals surface area contributed by atoms with E-state index < -0.39 is 0 Å². The molecular weight excluding hydrogens is 220 g/mol. The van der Waals surface area contributed by atoms with Crippen molar-refractivity contribution in [1.29, 1.82) is 0 Å². The molecule has 6 nitrogen and oxygen atoms in total. The standard InChI is InChI=1S/C11H18N4O2/c1-14-5-3-13-10(11(14)16)15(2)8-9-7-12-4-6-17-9/h3,5,9,12H,4,6-8H2,1-2H3. The van der Waals surface area contributed by atoms with Gasteiger partial charge in [0.05, 0.1) is 12.7 Å². The summed E-state index contributed by atoms with van der Waals surface area (Å²) in [7, 11) is 3.59. The number of rotatable bonds is 3. The minimum atomic E-state index is -0.0845. The highest BCUT2D eigenvalue weighted by Crippen LogP contribution is 2.04. The molecule has 0 aliphatic carbocycles. The third kappa shape index (κ3) is 2.83. The molecule has 0 bridgehead atoms. The van der Waals surface area contributed by atoms with E-state index >= 15 is 0 Å². The van der Waals surface area contributed by atoms with E-state index in [4.69, 9.17) is 4.74 Å². The van der Waals surface area contributed by atoms with E-state index in [9.17, 15) is 4.79 Å². The molecule has 0 spiro atoms. The number of ether oxygens (including phenoxy) is 1. The Balaban J connectivity index is 2.06. The van der Waals surface area contributed by atoms with Crippen molar-refractivity contribution in [2.45, 2.75) is 6.10 Å². The van der Waals surface area contributed by atoms with Crippen LogP contribution in [0.25, 0.3) is 0 Å². The highest BCUT2D eigenvalue weighted by atomic mass is 16.5. The lowest BCUT2D eigenvalue weighted by Gasteiger charge is -2.28. The Morgan fingerprint density at radius 3 is 3.24 bits per heavy atom. The van der Waals surface area contributed by atoms with E-state index in [2.05, 4.69) is 10.3 Å². The fourth-order valence-corrected chi connectivity index (χ4v) is 1.88. The maximum absolute atomic E-state index is 11.9. The first-order valence-electron chi connectivity index (χ1n) is 5.73. The van der Waals surface area contributed by atoms with Crippen LogP contribution in [0.2, 0.25) is 0 Å². The molecule has 1 aliphatic rings. The zero-order valence-corrected chi connectivity index (χ0v) is 10.2. The van der Waals surface area contributed by atoms with Crippen molar-refractivity contribution in [3.05, 3.63) is 22.7 Å². The summed E-state index contributed by atoms with van der Waals surface area (Å²) in [5.74, 6) is 0.462. The van der Waals surface area contributed by atoms with E-state index in [0.717, 1.165) is 19.7 Å². The number of anilines is 1. The van der Waals surface area contributed by atoms with Crippen LogP contribution in [-0.2, 0) is 11.8 Å². The Kier molecular flexibility index (Phi) is 3.75. The van der Waals surface area contributed by atoms with Crippen LogP contribution in [0.3, 0.4) is 0 Å². The van der Waals surface area contributed by atoms with Gasteiger partial charge in [-0.05, 0) is 0 Å². The Hall–Kier alpha value is -1.40. The summed E-state index contributed by atoms with van der Waals surface area (Å²) < 4.78 is 7.13. The zero-order chi connectivity index (χ0) is 12.3. The third-order valence-corrected chi connectivity index (χ3v) is 2.84. The van der Waals surface area contributed by atoms with Crippen molar-refractivity contribution < 1.29 is 4.74 Å². The predicted octanol–water partition coefficient (Wildman–Crippen LogP) is -0.795. The van der Waals surface area contributed by atoms with Gasteiger partial charge in [0.1, 0.15) is 0 Å². The molecule has 17 heavy (non-hydrogen) atoms. The number of aromatic nitrogens is 2. The van der Waals surface area contributed by atoms with Crippen LogP contribution >= 0.6 is 0 Å². The number of hydrogen-bond donors (Lipinski definition) is 1. The number of nitrogens with zero attached hydrogens (tertiary/aromatic N) is 3. The van der Waals surface area contributed by atoms with Crippen molar-refractivity contribution in [2.75, 3.05) is 38.2 Å². The molecular formula is C11H18N4O2. The molecule has 2 heterocycles. The summed E-state index contributed by atoms with van der Waals surface area (Å²) in [6.07, 6.45) is 3.39. The first-order valence-corrected chi connectivity index (χ1v) is 5.73. The molecule has 0 saturated carbocycles. The Morgan fingerprint density at radius 2 is 2.53 bits per heavy atom. The lowest BCUT2D eigenvalue weighted by Crippen LogP contribution is -2.45. The van der Waals surface area contributed by atoms with Crippen molar-refractivity contribution in [1.82, 2.24) is 14.9 Å². The highest BCUT2D eigenvalue weighted by Gasteiger charge is 2.17. The summed E-state index contributed by atoms with van der Waals surface area (Å²) in [4.78, 5) is 17.8. The second-order valence-electron chi connectivity index (χ2n) is 4.24. The van der Waals surface area contributed by atoms with E-state index in [-0.39, 0.29) is 11.7 Å². The SMILES string of the molecule is CN(CC1CNCCO1)c1nccn(C)c1=O. The van der Waals surface area contributed by atoms with Crippen LogP contribution < -0.4 is 15.8 Å². The molecule has 1 aromatic heterocycles. The van der Waals surface area contributed by atoms with Gasteiger partial charge in [0.25, 0.3) is 5.56 Å². The first-order chi connectivity index (χ1) is 8.18. The lowest BCUT2D eigenvalue weighted by atomic mass is 10.3. The van der Waals surface area contributed by atoms with Gasteiger partial charge in [-0.3, -0.25) is 4.79 Å². The summed E-state index contributed by atoms with van der Waals surface area (Å²) in [6, 6.07) is 0. The number of aryl methyl sites for hydroxylation is 1. The molecule has 1 aromatic rings. The molecule has 1 atom stereocenters. The fraction of sp³-hybridized carbons (Fsp3) is 0.636. The van der Waals surface area contributed by atoms with Gasteiger partial charge in [-0.25, -0.2) is 4.98 Å². The van der Waals surface area contributed by atoms with Crippen LogP contribution in [0.1, 0.15) is 0 Å². The van der Waals surface area contributed by atoms with Gasteiger partial charge in [-0.2, -0.15) is 0 Å². The van der Waals surface area contributed by atoms with Gasteiger partial charge in [0, 0.05) is 46.1 Å². The topological polar surface area (TPSA) is 59.4 Å². The van der Waals surface area contributed by atoms with Crippen LogP contribution in [0, 0.1) is 0 Å².